The zero-order chi connectivity index (χ0) is 22.8. The smallest absolute Gasteiger partial charge is 0.262 e. The van der Waals surface area contributed by atoms with Gasteiger partial charge in [0, 0.05) is 31.4 Å². The van der Waals surface area contributed by atoms with Gasteiger partial charge in [-0.1, -0.05) is 6.42 Å². The van der Waals surface area contributed by atoms with Crippen molar-refractivity contribution in [3.8, 4) is 0 Å². The fourth-order valence-electron chi connectivity index (χ4n) is 3.48. The van der Waals surface area contributed by atoms with Crippen molar-refractivity contribution < 1.29 is 21.6 Å². The molecule has 2 N–H and O–H groups in total. The lowest BCUT2D eigenvalue weighted by Crippen LogP contribution is -2.40. The second kappa shape index (κ2) is 8.87. The van der Waals surface area contributed by atoms with Crippen LogP contribution in [0.4, 0.5) is 5.69 Å². The number of amidine groups is 2. The Morgan fingerprint density at radius 2 is 1.88 bits per heavy atom. The number of rotatable bonds is 4. The largest absolute Gasteiger partial charge is 0.331 e. The van der Waals surface area contributed by atoms with Gasteiger partial charge in [0.25, 0.3) is 26.0 Å². The Labute approximate surface area is 186 Å². The monoisotopic (exact) mass is 477 g/mol. The van der Waals surface area contributed by atoms with Crippen LogP contribution >= 0.6 is 0 Å². The Morgan fingerprint density at radius 3 is 2.66 bits per heavy atom. The van der Waals surface area contributed by atoms with Gasteiger partial charge in [0.2, 0.25) is 0 Å². The first-order valence-electron chi connectivity index (χ1n) is 10.2. The van der Waals surface area contributed by atoms with Gasteiger partial charge in [-0.2, -0.15) is 0 Å². The molecule has 0 radical (unpaired) electrons. The molecule has 0 aromatic heterocycles. The maximum Gasteiger partial charge on any atom is 0.262 e. The van der Waals surface area contributed by atoms with Crippen molar-refractivity contribution in [3.63, 3.8) is 0 Å². The summed E-state index contributed by atoms with van der Waals surface area (Å²) in [4.78, 5) is 18.7. The highest BCUT2D eigenvalue weighted by Crippen LogP contribution is 2.20. The third-order valence-electron chi connectivity index (χ3n) is 5.15. The highest BCUT2D eigenvalue weighted by molar-refractivity contribution is 7.90. The molecule has 1 aromatic rings. The number of allylic oxidation sites excluding steroid dienone is 2. The molecule has 0 saturated carbocycles. The minimum Gasteiger partial charge on any atom is -0.331 e. The number of fused-ring (bicyclic) bond motifs is 1. The van der Waals surface area contributed by atoms with Crippen molar-refractivity contribution in [2.24, 2.45) is 9.39 Å². The highest BCUT2D eigenvalue weighted by atomic mass is 32.2. The standard InChI is InChI=1S/C20H23N5O5S2/c26-20(17-5-4-12-25-13-14-31(27,28)24-19(17)25)22-15-7-9-16(10-8-15)32(29,30)23-18-6-2-1-3-11-21-18/h4-5,7-10,12H,1-3,6,11,13-14H2,(H,21,23)(H,22,26). The molecule has 3 heterocycles. The summed E-state index contributed by atoms with van der Waals surface area (Å²) in [6, 6.07) is 5.72. The molecular formula is C20H23N5O5S2. The third kappa shape index (κ3) is 5.07. The fraction of sp³-hybridized carbons (Fsp3) is 0.350. The van der Waals surface area contributed by atoms with Gasteiger partial charge in [0.1, 0.15) is 5.84 Å². The molecule has 10 nitrogen and oxygen atoms in total. The van der Waals surface area contributed by atoms with Crippen molar-refractivity contribution >= 4 is 43.3 Å². The van der Waals surface area contributed by atoms with Crippen molar-refractivity contribution in [1.29, 1.82) is 0 Å². The highest BCUT2D eigenvalue weighted by Gasteiger charge is 2.30. The zero-order valence-electron chi connectivity index (χ0n) is 17.2. The zero-order valence-corrected chi connectivity index (χ0v) is 18.8. The number of aliphatic imine (C=N–C) groups is 1. The van der Waals surface area contributed by atoms with Crippen LogP contribution in [0.25, 0.3) is 0 Å². The van der Waals surface area contributed by atoms with Crippen LogP contribution in [0.3, 0.4) is 0 Å². The predicted octanol–water partition coefficient (Wildman–Crippen LogP) is 1.37. The Bertz CT molecular complexity index is 1250. The Kier molecular flexibility index (Phi) is 6.15. The van der Waals surface area contributed by atoms with Crippen LogP contribution in [-0.4, -0.2) is 58.2 Å². The van der Waals surface area contributed by atoms with Crippen LogP contribution < -0.4 is 10.0 Å². The first kappa shape index (κ1) is 22.2. The molecule has 3 aliphatic heterocycles. The van der Waals surface area contributed by atoms with Crippen LogP contribution in [-0.2, 0) is 24.8 Å². The third-order valence-corrected chi connectivity index (χ3v) is 7.70. The Hall–Kier alpha value is -2.99. The second-order valence-electron chi connectivity index (χ2n) is 7.54. The van der Waals surface area contributed by atoms with Gasteiger partial charge < -0.3 is 10.2 Å². The summed E-state index contributed by atoms with van der Waals surface area (Å²) in [5, 5.41) is 2.66. The summed E-state index contributed by atoms with van der Waals surface area (Å²) in [5.41, 5.74) is 0.475. The summed E-state index contributed by atoms with van der Waals surface area (Å²) in [6.07, 6.45) is 8.24. The van der Waals surface area contributed by atoms with Gasteiger partial charge >= 0.3 is 0 Å². The van der Waals surface area contributed by atoms with E-state index in [1.807, 2.05) is 0 Å². The van der Waals surface area contributed by atoms with E-state index in [4.69, 9.17) is 0 Å². The number of hydrogen-bond donors (Lipinski definition) is 2. The number of amides is 1. The second-order valence-corrected chi connectivity index (χ2v) is 11.0. The number of nitrogens with one attached hydrogen (secondary N) is 2. The van der Waals surface area contributed by atoms with Crippen LogP contribution in [0.1, 0.15) is 25.7 Å². The number of sulfonamides is 2. The average Bonchev–Trinajstić information content (AvgIpc) is 3.01. The molecule has 4 rings (SSSR count). The molecule has 0 unspecified atom stereocenters. The Morgan fingerprint density at radius 1 is 1.09 bits per heavy atom. The Balaban J connectivity index is 1.47. The van der Waals surface area contributed by atoms with Gasteiger partial charge in [0.05, 0.1) is 16.2 Å². The quantitative estimate of drug-likeness (QED) is 0.672. The topological polar surface area (TPSA) is 137 Å². The van der Waals surface area contributed by atoms with Gasteiger partial charge in [-0.05, 0) is 49.3 Å². The van der Waals surface area contributed by atoms with E-state index < -0.39 is 26.0 Å². The maximum atomic E-state index is 12.7. The van der Waals surface area contributed by atoms with Gasteiger partial charge in [-0.15, -0.1) is 4.40 Å². The summed E-state index contributed by atoms with van der Waals surface area (Å²) in [7, 11) is -7.40. The molecule has 12 heteroatoms. The fourth-order valence-corrected chi connectivity index (χ4v) is 5.56. The maximum absolute atomic E-state index is 12.7. The number of carbonyl (C=O) groups excluding carboxylic acids is 1. The van der Waals surface area contributed by atoms with E-state index in [1.165, 1.54) is 30.3 Å². The SMILES string of the molecule is O=C(Nc1ccc(S(=O)(=O)NC2=NCCCCC2)cc1)C1=CC=CN2CCS(=O)(=O)N=C12. The van der Waals surface area contributed by atoms with Crippen molar-refractivity contribution in [2.75, 3.05) is 24.2 Å². The van der Waals surface area contributed by atoms with E-state index in [9.17, 15) is 21.6 Å². The number of carbonyl (C=O) groups is 1. The van der Waals surface area contributed by atoms with Gasteiger partial charge in [0.15, 0.2) is 5.84 Å². The van der Waals surface area contributed by atoms with Gasteiger partial charge in [-0.3, -0.25) is 14.5 Å². The summed E-state index contributed by atoms with van der Waals surface area (Å²) >= 11 is 0. The first-order chi connectivity index (χ1) is 15.2. The minimum absolute atomic E-state index is 0.0520. The molecule has 32 heavy (non-hydrogen) atoms. The van der Waals surface area contributed by atoms with Crippen LogP contribution in [0, 0.1) is 0 Å². The number of hydrogen-bond acceptors (Lipinski definition) is 7. The number of nitrogens with zero attached hydrogens (tertiary/aromatic N) is 3. The molecular weight excluding hydrogens is 454 g/mol. The summed E-state index contributed by atoms with van der Waals surface area (Å²) in [6.45, 7) is 0.824. The summed E-state index contributed by atoms with van der Waals surface area (Å²) < 4.78 is 55.3. The van der Waals surface area contributed by atoms with Crippen molar-refractivity contribution in [2.45, 2.75) is 30.6 Å². The molecule has 1 aromatic carbocycles. The minimum atomic E-state index is -3.78. The molecule has 0 saturated heterocycles. The van der Waals surface area contributed by atoms with Crippen molar-refractivity contribution in [3.05, 3.63) is 48.2 Å². The van der Waals surface area contributed by atoms with E-state index in [2.05, 4.69) is 19.4 Å². The number of benzene rings is 1. The van der Waals surface area contributed by atoms with Crippen LogP contribution in [0.2, 0.25) is 0 Å². The van der Waals surface area contributed by atoms with E-state index in [0.717, 1.165) is 19.3 Å². The molecule has 0 fully saturated rings. The number of anilines is 1. The van der Waals surface area contributed by atoms with Crippen molar-refractivity contribution in [1.82, 2.24) is 9.62 Å². The summed E-state index contributed by atoms with van der Waals surface area (Å²) in [5.74, 6) is -0.128. The molecule has 1 amide bonds. The van der Waals surface area contributed by atoms with Crippen LogP contribution in [0.15, 0.2) is 62.5 Å². The molecule has 0 atom stereocenters. The normalized spacial score (nSPS) is 20.2. The molecule has 0 bridgehead atoms. The molecule has 170 valence electrons. The van der Waals surface area contributed by atoms with Crippen LogP contribution in [0.5, 0.6) is 0 Å². The lowest BCUT2D eigenvalue weighted by Gasteiger charge is -2.28. The lowest BCUT2D eigenvalue weighted by molar-refractivity contribution is -0.112. The van der Waals surface area contributed by atoms with E-state index in [-0.39, 0.29) is 28.6 Å². The first-order valence-corrected chi connectivity index (χ1v) is 13.3. The van der Waals surface area contributed by atoms with Gasteiger partial charge in [-0.25, -0.2) is 16.8 Å². The van der Waals surface area contributed by atoms with E-state index in [0.29, 0.717) is 24.5 Å². The van der Waals surface area contributed by atoms with E-state index >= 15 is 0 Å². The lowest BCUT2D eigenvalue weighted by atomic mass is 10.1. The average molecular weight is 478 g/mol. The molecule has 0 aliphatic carbocycles. The van der Waals surface area contributed by atoms with E-state index in [1.54, 1.807) is 17.2 Å². The molecule has 3 aliphatic rings. The molecule has 0 spiro atoms. The predicted molar refractivity (Wildman–Crippen MR) is 121 cm³/mol.